The molecule has 1 aromatic carbocycles. The fourth-order valence-electron chi connectivity index (χ4n) is 2.70. The summed E-state index contributed by atoms with van der Waals surface area (Å²) in [5.74, 6) is 0.929. The quantitative estimate of drug-likeness (QED) is 0.776. The van der Waals surface area contributed by atoms with Gasteiger partial charge in [-0.05, 0) is 45.1 Å². The normalized spacial score (nSPS) is 16.0. The summed E-state index contributed by atoms with van der Waals surface area (Å²) >= 11 is 0. The molecule has 0 N–H and O–H groups in total. The largest absolute Gasteiger partial charge is 0.627 e. The fraction of sp³-hybridized carbons (Fsp3) is 0.353. The molecule has 0 radical (unpaired) electrons. The van der Waals surface area contributed by atoms with Gasteiger partial charge in [-0.2, -0.15) is 0 Å². The number of hydrogen-bond acceptors (Lipinski definition) is 3. The molecule has 2 heterocycles. The van der Waals surface area contributed by atoms with Crippen LogP contribution < -0.4 is 0 Å². The maximum atomic E-state index is 12.6. The van der Waals surface area contributed by atoms with Crippen LogP contribution in [-0.2, 0) is 0 Å². The number of halogens is 1. The van der Waals surface area contributed by atoms with Crippen molar-refractivity contribution in [3.8, 4) is 0 Å². The number of ketones is 1. The molecule has 2 aromatic rings. The molecule has 1 fully saturated rings. The van der Waals surface area contributed by atoms with Crippen LogP contribution in [0.15, 0.2) is 47.1 Å². The Balaban J connectivity index is 0.00000176. The molecule has 0 atom stereocenters. The van der Waals surface area contributed by atoms with E-state index in [-0.39, 0.29) is 24.1 Å². The highest BCUT2D eigenvalue weighted by Crippen LogP contribution is 2.31. The third-order valence-electron chi connectivity index (χ3n) is 3.97. The lowest BCUT2D eigenvalue weighted by atomic mass is 9.89. The van der Waals surface area contributed by atoms with E-state index >= 15 is 0 Å². The molecular weight excluding hydrogens is 300 g/mol. The highest BCUT2D eigenvalue weighted by Gasteiger charge is 2.24. The lowest BCUT2D eigenvalue weighted by Crippen LogP contribution is -2.33. The zero-order valence-electron chi connectivity index (χ0n) is 12.6. The topological polar surface area (TPSA) is 47.6 Å². The maximum Gasteiger partial charge on any atom is 0.165 e. The van der Waals surface area contributed by atoms with Crippen LogP contribution >= 0.6 is 12.4 Å². The molecule has 0 saturated carbocycles. The minimum absolute atomic E-state index is 0. The van der Waals surface area contributed by atoms with Crippen LogP contribution in [-0.4, -0.2) is 30.8 Å². The van der Waals surface area contributed by atoms with Crippen LogP contribution in [0, 0.1) is 5.92 Å². The number of furan rings is 1. The van der Waals surface area contributed by atoms with Gasteiger partial charge in [0.05, 0.1) is 6.26 Å². The zero-order chi connectivity index (χ0) is 14.7. The van der Waals surface area contributed by atoms with Gasteiger partial charge in [-0.1, -0.05) is 24.3 Å². The van der Waals surface area contributed by atoms with E-state index in [9.17, 15) is 4.79 Å². The second-order valence-corrected chi connectivity index (χ2v) is 5.56. The molecular formula is C17H20ClN2O2-. The van der Waals surface area contributed by atoms with Gasteiger partial charge in [0, 0.05) is 17.4 Å². The number of nitrogens with zero attached hydrogens (tertiary/aromatic N) is 2. The molecule has 0 amide bonds. The second-order valence-electron chi connectivity index (χ2n) is 5.56. The Bertz CT molecular complexity index is 605. The molecule has 3 rings (SSSR count). The van der Waals surface area contributed by atoms with E-state index in [1.165, 1.54) is 0 Å². The minimum Gasteiger partial charge on any atom is -0.627 e. The van der Waals surface area contributed by atoms with Gasteiger partial charge < -0.3 is 14.6 Å². The summed E-state index contributed by atoms with van der Waals surface area (Å²) in [7, 11) is 2.10. The molecule has 1 saturated heterocycles. The van der Waals surface area contributed by atoms with Crippen molar-refractivity contribution >= 4 is 29.8 Å². The summed E-state index contributed by atoms with van der Waals surface area (Å²) in [4.78, 5) is 14.8. The third kappa shape index (κ3) is 3.90. The second kappa shape index (κ2) is 7.47. The molecule has 0 aliphatic carbocycles. The van der Waals surface area contributed by atoms with Crippen LogP contribution in [0.2, 0.25) is 0 Å². The average molecular weight is 320 g/mol. The zero-order valence-corrected chi connectivity index (χ0v) is 13.4. The van der Waals surface area contributed by atoms with E-state index in [2.05, 4.69) is 17.3 Å². The molecule has 0 unspecified atom stereocenters. The predicted octanol–water partition coefficient (Wildman–Crippen LogP) is 4.56. The number of likely N-dealkylation sites (tertiary alicyclic amines) is 1. The Kier molecular flexibility index (Phi) is 5.63. The third-order valence-corrected chi connectivity index (χ3v) is 3.97. The Morgan fingerprint density at radius 2 is 2.00 bits per heavy atom. The van der Waals surface area contributed by atoms with Crippen molar-refractivity contribution < 1.29 is 9.21 Å². The van der Waals surface area contributed by atoms with Crippen molar-refractivity contribution in [2.45, 2.75) is 12.8 Å². The van der Waals surface area contributed by atoms with Gasteiger partial charge in [0.25, 0.3) is 0 Å². The number of carbonyl (C=O) groups excluding carboxylic acids is 1. The maximum absolute atomic E-state index is 12.6. The predicted molar refractivity (Wildman–Crippen MR) is 89.6 cm³/mol. The Hall–Kier alpha value is -1.78. The standard InChI is InChI=1S/C17H19N2O2.ClH/c1-19-9-7-13(8-10-19)17(20)14-4-2-5-15(12-14)18-16-6-3-11-21-16;/h2-6,11-13H,7-10H2,1H3;1H/q-1;. The molecule has 1 aromatic heterocycles. The molecule has 22 heavy (non-hydrogen) atoms. The van der Waals surface area contributed by atoms with E-state index in [0.29, 0.717) is 5.88 Å². The van der Waals surface area contributed by atoms with Crippen molar-refractivity contribution in [3.05, 3.63) is 53.5 Å². The van der Waals surface area contributed by atoms with Crippen LogP contribution in [0.25, 0.3) is 5.32 Å². The van der Waals surface area contributed by atoms with Crippen molar-refractivity contribution in [2.24, 2.45) is 5.92 Å². The molecule has 1 aliphatic heterocycles. The Morgan fingerprint density at radius 3 is 2.68 bits per heavy atom. The van der Waals surface area contributed by atoms with E-state index in [1.807, 2.05) is 24.3 Å². The van der Waals surface area contributed by atoms with Crippen molar-refractivity contribution in [1.29, 1.82) is 0 Å². The molecule has 5 heteroatoms. The first-order valence-corrected chi connectivity index (χ1v) is 7.30. The van der Waals surface area contributed by atoms with Gasteiger partial charge in [-0.25, -0.2) is 0 Å². The SMILES string of the molecule is CN1CCC(C(=O)c2cccc([N-]c3ccco3)c2)CC1.Cl. The summed E-state index contributed by atoms with van der Waals surface area (Å²) in [5.41, 5.74) is 1.50. The van der Waals surface area contributed by atoms with Gasteiger partial charge in [0.15, 0.2) is 5.78 Å². The fourth-order valence-corrected chi connectivity index (χ4v) is 2.70. The number of piperidine rings is 1. The van der Waals surface area contributed by atoms with Crippen LogP contribution in [0.4, 0.5) is 11.6 Å². The lowest BCUT2D eigenvalue weighted by molar-refractivity contribution is 0.0857. The van der Waals surface area contributed by atoms with Gasteiger partial charge >= 0.3 is 0 Å². The van der Waals surface area contributed by atoms with Crippen molar-refractivity contribution in [3.63, 3.8) is 0 Å². The number of Topliss-reactive ketones (excluding diaryl/α,β-unsaturated/α-hetero) is 1. The highest BCUT2D eigenvalue weighted by atomic mass is 35.5. The van der Waals surface area contributed by atoms with Crippen LogP contribution in [0.3, 0.4) is 0 Å². The van der Waals surface area contributed by atoms with Gasteiger partial charge in [0.2, 0.25) is 0 Å². The van der Waals surface area contributed by atoms with Crippen molar-refractivity contribution in [2.75, 3.05) is 20.1 Å². The molecule has 118 valence electrons. The summed E-state index contributed by atoms with van der Waals surface area (Å²) in [6, 6.07) is 11.1. The highest BCUT2D eigenvalue weighted by molar-refractivity contribution is 5.99. The first-order chi connectivity index (χ1) is 10.2. The monoisotopic (exact) mass is 319 g/mol. The summed E-state index contributed by atoms with van der Waals surface area (Å²) < 4.78 is 5.21. The number of carbonyl (C=O) groups is 1. The Morgan fingerprint density at radius 1 is 1.23 bits per heavy atom. The number of rotatable bonds is 4. The molecule has 0 bridgehead atoms. The van der Waals surface area contributed by atoms with E-state index in [0.717, 1.165) is 37.2 Å². The summed E-state index contributed by atoms with van der Waals surface area (Å²) in [5, 5.41) is 4.37. The number of benzene rings is 1. The van der Waals surface area contributed by atoms with E-state index < -0.39 is 0 Å². The van der Waals surface area contributed by atoms with Crippen LogP contribution in [0.5, 0.6) is 0 Å². The van der Waals surface area contributed by atoms with Crippen LogP contribution in [0.1, 0.15) is 23.2 Å². The Labute approximate surface area is 136 Å². The smallest absolute Gasteiger partial charge is 0.165 e. The number of hydrogen-bond donors (Lipinski definition) is 0. The lowest BCUT2D eigenvalue weighted by Gasteiger charge is -2.28. The van der Waals surface area contributed by atoms with Crippen molar-refractivity contribution in [1.82, 2.24) is 4.90 Å². The molecule has 0 spiro atoms. The van der Waals surface area contributed by atoms with Gasteiger partial charge in [-0.15, -0.1) is 18.1 Å². The molecule has 4 nitrogen and oxygen atoms in total. The average Bonchev–Trinajstić information content (AvgIpc) is 3.00. The summed E-state index contributed by atoms with van der Waals surface area (Å²) in [6.07, 6.45) is 3.47. The summed E-state index contributed by atoms with van der Waals surface area (Å²) in [6.45, 7) is 1.99. The minimum atomic E-state index is 0. The van der Waals surface area contributed by atoms with E-state index in [4.69, 9.17) is 4.42 Å². The molecule has 1 aliphatic rings. The van der Waals surface area contributed by atoms with Gasteiger partial charge in [-0.3, -0.25) is 4.79 Å². The van der Waals surface area contributed by atoms with Gasteiger partial charge in [0.1, 0.15) is 0 Å². The first-order valence-electron chi connectivity index (χ1n) is 7.30. The van der Waals surface area contributed by atoms with E-state index in [1.54, 1.807) is 18.4 Å². The first kappa shape index (κ1) is 16.6.